The van der Waals surface area contributed by atoms with Crippen molar-refractivity contribution in [3.05, 3.63) is 59.7 Å². The molecule has 24 heavy (non-hydrogen) atoms. The lowest BCUT2D eigenvalue weighted by atomic mass is 10.1. The number of nitrogens with zero attached hydrogens (tertiary/aromatic N) is 4. The Kier molecular flexibility index (Phi) is 4.25. The molecule has 2 aromatic carbocycles. The Balaban J connectivity index is 1.96. The zero-order chi connectivity index (χ0) is 17.1. The van der Waals surface area contributed by atoms with Gasteiger partial charge in [-0.15, -0.1) is 0 Å². The molecule has 0 amide bonds. The molecular formula is C18H15FN4O. The quantitative estimate of drug-likeness (QED) is 0.737. The van der Waals surface area contributed by atoms with Crippen molar-refractivity contribution in [3.8, 4) is 11.8 Å². The highest BCUT2D eigenvalue weighted by Gasteiger charge is 2.13. The molecule has 0 aliphatic rings. The van der Waals surface area contributed by atoms with E-state index >= 15 is 0 Å². The fraction of sp³-hybridized carbons (Fsp3) is 0.167. The summed E-state index contributed by atoms with van der Waals surface area (Å²) in [4.78, 5) is 10.4. The van der Waals surface area contributed by atoms with Crippen LogP contribution in [0.1, 0.15) is 11.1 Å². The van der Waals surface area contributed by atoms with Crippen LogP contribution in [0.5, 0.6) is 5.75 Å². The number of halogens is 1. The maximum absolute atomic E-state index is 13.8. The lowest BCUT2D eigenvalue weighted by molar-refractivity contribution is 0.387. The van der Waals surface area contributed by atoms with Crippen molar-refractivity contribution < 1.29 is 9.13 Å². The minimum Gasteiger partial charge on any atom is -0.494 e. The molecule has 0 saturated heterocycles. The van der Waals surface area contributed by atoms with E-state index in [9.17, 15) is 4.39 Å². The van der Waals surface area contributed by atoms with Gasteiger partial charge >= 0.3 is 0 Å². The second kappa shape index (κ2) is 6.50. The van der Waals surface area contributed by atoms with Gasteiger partial charge < -0.3 is 9.64 Å². The van der Waals surface area contributed by atoms with Crippen LogP contribution >= 0.6 is 0 Å². The average molecular weight is 322 g/mol. The minimum atomic E-state index is -0.454. The second-order valence-corrected chi connectivity index (χ2v) is 5.37. The SMILES string of the molecule is COc1cc2c(N(C)Cc3ccc(C#N)cc3)ncnc2cc1F. The van der Waals surface area contributed by atoms with Crippen molar-refractivity contribution in [1.82, 2.24) is 9.97 Å². The van der Waals surface area contributed by atoms with Crippen molar-refractivity contribution in [1.29, 1.82) is 5.26 Å². The summed E-state index contributed by atoms with van der Waals surface area (Å²) in [6, 6.07) is 12.4. The van der Waals surface area contributed by atoms with Crippen molar-refractivity contribution in [2.45, 2.75) is 6.54 Å². The highest BCUT2D eigenvalue weighted by atomic mass is 19.1. The van der Waals surface area contributed by atoms with Crippen molar-refractivity contribution in [3.63, 3.8) is 0 Å². The van der Waals surface area contributed by atoms with Crippen LogP contribution in [0.4, 0.5) is 10.2 Å². The number of aromatic nitrogens is 2. The lowest BCUT2D eigenvalue weighted by Gasteiger charge is -2.20. The first kappa shape index (κ1) is 15.7. The van der Waals surface area contributed by atoms with Crippen LogP contribution in [0.25, 0.3) is 10.9 Å². The first-order valence-electron chi connectivity index (χ1n) is 7.31. The smallest absolute Gasteiger partial charge is 0.167 e. The van der Waals surface area contributed by atoms with E-state index in [1.54, 1.807) is 18.2 Å². The van der Waals surface area contributed by atoms with Gasteiger partial charge in [0.05, 0.1) is 24.3 Å². The molecule has 0 saturated carbocycles. The van der Waals surface area contributed by atoms with Crippen molar-refractivity contribution in [2.24, 2.45) is 0 Å². The highest BCUT2D eigenvalue weighted by Crippen LogP contribution is 2.29. The third kappa shape index (κ3) is 2.97. The maximum atomic E-state index is 13.8. The molecule has 3 rings (SSSR count). The van der Waals surface area contributed by atoms with Gasteiger partial charge in [0.1, 0.15) is 12.1 Å². The molecule has 5 nitrogen and oxygen atoms in total. The molecule has 3 aromatic rings. The third-order valence-electron chi connectivity index (χ3n) is 3.75. The monoisotopic (exact) mass is 322 g/mol. The fourth-order valence-electron chi connectivity index (χ4n) is 2.54. The zero-order valence-electron chi connectivity index (χ0n) is 13.3. The van der Waals surface area contributed by atoms with Crippen LogP contribution < -0.4 is 9.64 Å². The molecule has 0 spiro atoms. The van der Waals surface area contributed by atoms with Crippen LogP contribution in [0.3, 0.4) is 0 Å². The number of anilines is 1. The fourth-order valence-corrected chi connectivity index (χ4v) is 2.54. The van der Waals surface area contributed by atoms with E-state index in [0.29, 0.717) is 28.8 Å². The van der Waals surface area contributed by atoms with Gasteiger partial charge in [-0.1, -0.05) is 12.1 Å². The van der Waals surface area contributed by atoms with Crippen molar-refractivity contribution in [2.75, 3.05) is 19.1 Å². The van der Waals surface area contributed by atoms with E-state index in [-0.39, 0.29) is 5.75 Å². The van der Waals surface area contributed by atoms with E-state index in [0.717, 1.165) is 5.56 Å². The minimum absolute atomic E-state index is 0.158. The Morgan fingerprint density at radius 3 is 2.62 bits per heavy atom. The third-order valence-corrected chi connectivity index (χ3v) is 3.75. The van der Waals surface area contributed by atoms with Crippen LogP contribution in [-0.2, 0) is 6.54 Å². The summed E-state index contributed by atoms with van der Waals surface area (Å²) in [7, 11) is 3.32. The molecule has 1 heterocycles. The number of nitriles is 1. The first-order valence-corrected chi connectivity index (χ1v) is 7.31. The Morgan fingerprint density at radius 1 is 1.21 bits per heavy atom. The Hall–Kier alpha value is -3.20. The molecule has 6 heteroatoms. The molecule has 0 bridgehead atoms. The second-order valence-electron chi connectivity index (χ2n) is 5.37. The standard InChI is InChI=1S/C18H15FN4O/c1-23(10-13-5-3-12(9-20)4-6-13)18-14-7-17(24-2)15(19)8-16(14)21-11-22-18/h3-8,11H,10H2,1-2H3. The predicted molar refractivity (Wildman–Crippen MR) is 89.3 cm³/mol. The summed E-state index contributed by atoms with van der Waals surface area (Å²) >= 11 is 0. The van der Waals surface area contributed by atoms with Gasteiger partial charge in [0.15, 0.2) is 11.6 Å². The number of ether oxygens (including phenoxy) is 1. The molecule has 1 aromatic heterocycles. The van der Waals surface area contributed by atoms with E-state index in [4.69, 9.17) is 10.00 Å². The predicted octanol–water partition coefficient (Wildman–Crippen LogP) is 3.29. The summed E-state index contributed by atoms with van der Waals surface area (Å²) in [6.45, 7) is 0.595. The van der Waals surface area contributed by atoms with Gasteiger partial charge in [0.25, 0.3) is 0 Å². The molecule has 0 N–H and O–H groups in total. The molecule has 0 unspecified atom stereocenters. The van der Waals surface area contributed by atoms with Gasteiger partial charge in [0.2, 0.25) is 0 Å². The van der Waals surface area contributed by atoms with Gasteiger partial charge in [-0.2, -0.15) is 5.26 Å². The largest absolute Gasteiger partial charge is 0.494 e. The summed E-state index contributed by atoms with van der Waals surface area (Å²) in [5.74, 6) is 0.386. The number of benzene rings is 2. The Bertz CT molecular complexity index is 919. The van der Waals surface area contributed by atoms with Crippen LogP contribution in [-0.4, -0.2) is 24.1 Å². The first-order chi connectivity index (χ1) is 11.6. The molecule has 0 radical (unpaired) electrons. The summed E-state index contributed by atoms with van der Waals surface area (Å²) < 4.78 is 18.9. The van der Waals surface area contributed by atoms with E-state index in [1.807, 2.05) is 24.1 Å². The van der Waals surface area contributed by atoms with Gasteiger partial charge in [0, 0.05) is 25.0 Å². The van der Waals surface area contributed by atoms with Crippen LogP contribution in [0, 0.1) is 17.1 Å². The molecule has 120 valence electrons. The number of hydrogen-bond acceptors (Lipinski definition) is 5. The van der Waals surface area contributed by atoms with Gasteiger partial charge in [-0.05, 0) is 23.8 Å². The lowest BCUT2D eigenvalue weighted by Crippen LogP contribution is -2.18. The molecule has 0 aliphatic heterocycles. The number of fused-ring (bicyclic) bond motifs is 1. The normalized spacial score (nSPS) is 10.4. The average Bonchev–Trinajstić information content (AvgIpc) is 2.61. The van der Waals surface area contributed by atoms with E-state index in [1.165, 1.54) is 19.5 Å². The molecule has 0 fully saturated rings. The van der Waals surface area contributed by atoms with Crippen LogP contribution in [0.2, 0.25) is 0 Å². The summed E-state index contributed by atoms with van der Waals surface area (Å²) in [6.07, 6.45) is 1.42. The summed E-state index contributed by atoms with van der Waals surface area (Å²) in [5, 5.41) is 9.57. The number of rotatable bonds is 4. The van der Waals surface area contributed by atoms with Gasteiger partial charge in [-0.25, -0.2) is 14.4 Å². The van der Waals surface area contributed by atoms with E-state index < -0.39 is 5.82 Å². The Labute approximate surface area is 139 Å². The molecule has 0 aliphatic carbocycles. The number of methoxy groups -OCH3 is 1. The molecule has 0 atom stereocenters. The van der Waals surface area contributed by atoms with Crippen molar-refractivity contribution >= 4 is 16.7 Å². The topological polar surface area (TPSA) is 62.0 Å². The zero-order valence-corrected chi connectivity index (χ0v) is 13.3. The number of hydrogen-bond donors (Lipinski definition) is 0. The van der Waals surface area contributed by atoms with E-state index in [2.05, 4.69) is 16.0 Å². The van der Waals surface area contributed by atoms with Crippen LogP contribution in [0.15, 0.2) is 42.7 Å². The van der Waals surface area contributed by atoms with Gasteiger partial charge in [-0.3, -0.25) is 0 Å². The Morgan fingerprint density at radius 2 is 1.96 bits per heavy atom. The highest BCUT2D eigenvalue weighted by molar-refractivity contribution is 5.90. The maximum Gasteiger partial charge on any atom is 0.167 e. The molecular weight excluding hydrogens is 307 g/mol. The summed E-state index contributed by atoms with van der Waals surface area (Å²) in [5.41, 5.74) is 2.18.